The number of rotatable bonds is 17. The fourth-order valence-electron chi connectivity index (χ4n) is 9.59. The molecule has 0 radical (unpaired) electrons. The van der Waals surface area contributed by atoms with Gasteiger partial charge in [-0.05, 0) is 144 Å². The highest BCUT2D eigenvalue weighted by molar-refractivity contribution is 7.86. The number of ether oxygens (including phenoxy) is 1. The maximum absolute atomic E-state index is 11.6. The van der Waals surface area contributed by atoms with Crippen LogP contribution in [-0.2, 0) is 31.1 Å². The second kappa shape index (κ2) is 19.5. The fourth-order valence-corrected chi connectivity index (χ4v) is 10.7. The summed E-state index contributed by atoms with van der Waals surface area (Å²) >= 11 is 0. The Balaban J connectivity index is 1.33. The number of nitrogen functional groups attached to an aromatic ring is 1. The number of unbranched alkanes of at least 4 members (excludes halogenated alkanes) is 2. The summed E-state index contributed by atoms with van der Waals surface area (Å²) in [6.45, 7) is 11.9. The number of allylic oxidation sites excluding steroid dienone is 7. The maximum atomic E-state index is 11.6. The van der Waals surface area contributed by atoms with E-state index in [0.717, 1.165) is 80.5 Å². The van der Waals surface area contributed by atoms with Gasteiger partial charge in [0.05, 0.1) is 11.5 Å². The van der Waals surface area contributed by atoms with Crippen LogP contribution in [-0.4, -0.2) is 56.2 Å². The molecule has 0 bridgehead atoms. The monoisotopic (exact) mass is 915 g/mol. The second-order valence-corrected chi connectivity index (χ2v) is 21.4. The summed E-state index contributed by atoms with van der Waals surface area (Å²) in [6.07, 6.45) is 12.7. The van der Waals surface area contributed by atoms with Crippen molar-refractivity contribution in [1.29, 1.82) is 0 Å². The van der Waals surface area contributed by atoms with Crippen LogP contribution < -0.4 is 15.4 Å². The first kappa shape index (κ1) is 47.4. The average molecular weight is 916 g/mol. The van der Waals surface area contributed by atoms with Crippen LogP contribution in [0.1, 0.15) is 89.3 Å². The molecule has 0 aromatic heterocycles. The summed E-state index contributed by atoms with van der Waals surface area (Å²) in [6, 6.07) is 32.7. The molecule has 0 atom stereocenters. The van der Waals surface area contributed by atoms with Crippen LogP contribution in [0.3, 0.4) is 0 Å². The molecule has 0 fully saturated rings. The van der Waals surface area contributed by atoms with Gasteiger partial charge in [0.25, 0.3) is 20.2 Å². The van der Waals surface area contributed by atoms with Crippen molar-refractivity contribution in [3.05, 3.63) is 161 Å². The van der Waals surface area contributed by atoms with Gasteiger partial charge in [-0.3, -0.25) is 14.1 Å². The lowest BCUT2D eigenvalue weighted by molar-refractivity contribution is 0.415. The van der Waals surface area contributed by atoms with Crippen LogP contribution >= 0.6 is 0 Å². The zero-order valence-electron chi connectivity index (χ0n) is 38.0. The number of aliphatic imine (C=N–C) groups is 1. The molecule has 342 valence electrons. The minimum atomic E-state index is -4.08. The van der Waals surface area contributed by atoms with Gasteiger partial charge >= 0.3 is 0 Å². The lowest BCUT2D eigenvalue weighted by Gasteiger charge is -2.30. The fraction of sp³-hybridized carbons (Fsp3) is 0.340. The van der Waals surface area contributed by atoms with Gasteiger partial charge in [0, 0.05) is 46.7 Å². The van der Waals surface area contributed by atoms with Gasteiger partial charge in [-0.1, -0.05) is 107 Å². The van der Waals surface area contributed by atoms with E-state index in [9.17, 15) is 25.9 Å². The van der Waals surface area contributed by atoms with Gasteiger partial charge in [-0.15, -0.1) is 0 Å². The lowest BCUT2D eigenvalue weighted by Crippen LogP contribution is -2.29. The van der Waals surface area contributed by atoms with E-state index >= 15 is 0 Å². The van der Waals surface area contributed by atoms with Crippen LogP contribution in [0.15, 0.2) is 149 Å². The van der Waals surface area contributed by atoms with E-state index < -0.39 is 31.1 Å². The van der Waals surface area contributed by atoms with Crippen LogP contribution in [0, 0.1) is 6.92 Å². The van der Waals surface area contributed by atoms with Gasteiger partial charge in [-0.2, -0.15) is 16.8 Å². The topological polar surface area (TPSA) is 160 Å². The quantitative estimate of drug-likeness (QED) is 0.0357. The summed E-state index contributed by atoms with van der Waals surface area (Å²) in [7, 11) is -8.15. The minimum Gasteiger partial charge on any atom is -0.457 e. The Labute approximate surface area is 384 Å². The predicted molar refractivity (Wildman–Crippen MR) is 267 cm³/mol. The second-order valence-electron chi connectivity index (χ2n) is 18.3. The van der Waals surface area contributed by atoms with E-state index in [2.05, 4.69) is 124 Å². The van der Waals surface area contributed by atoms with Crippen molar-refractivity contribution < 1.29 is 30.7 Å². The third kappa shape index (κ3) is 11.1. The Morgan fingerprint density at radius 1 is 0.800 bits per heavy atom. The normalized spacial score (nSPS) is 17.3. The van der Waals surface area contributed by atoms with Crippen LogP contribution in [0.25, 0.3) is 21.5 Å². The van der Waals surface area contributed by atoms with E-state index in [4.69, 9.17) is 15.5 Å². The molecule has 7 rings (SSSR count). The molecule has 2 aliphatic rings. The molecule has 1 aliphatic carbocycles. The number of hydrogen-bond donors (Lipinski definition) is 3. The molecular weight excluding hydrogens is 855 g/mol. The van der Waals surface area contributed by atoms with Gasteiger partial charge in [0.2, 0.25) is 0 Å². The Kier molecular flexibility index (Phi) is 14.2. The zero-order valence-corrected chi connectivity index (χ0v) is 39.7. The molecule has 65 heavy (non-hydrogen) atoms. The SMILES string of the molecule is Cc1ccc2ccccc2c1C(C)(C)C(/C=C/C1=C(Oc2ccc(N)cc2)C(=C/C=C2/N(CCCCS(=O)(=O)O)c3ccc4ccccc4c3C2(C)C)/CCC1)=N/CCCCS(=O)(=O)O. The maximum Gasteiger partial charge on any atom is 0.264 e. The number of hydrogen-bond acceptors (Lipinski definition) is 8. The summed E-state index contributed by atoms with van der Waals surface area (Å²) in [5, 5.41) is 4.60. The van der Waals surface area contributed by atoms with E-state index in [-0.39, 0.29) is 11.5 Å². The minimum absolute atomic E-state index is 0.288. The molecule has 4 N–H and O–H groups in total. The molecule has 0 saturated heterocycles. The highest BCUT2D eigenvalue weighted by atomic mass is 32.2. The first-order chi connectivity index (χ1) is 30.8. The van der Waals surface area contributed by atoms with Crippen LogP contribution in [0.5, 0.6) is 5.75 Å². The van der Waals surface area contributed by atoms with Crippen molar-refractivity contribution in [2.75, 3.05) is 35.2 Å². The van der Waals surface area contributed by atoms with Crippen molar-refractivity contribution in [2.24, 2.45) is 4.99 Å². The predicted octanol–water partition coefficient (Wildman–Crippen LogP) is 11.6. The highest BCUT2D eigenvalue weighted by Crippen LogP contribution is 2.51. The van der Waals surface area contributed by atoms with Crippen molar-refractivity contribution in [1.82, 2.24) is 0 Å². The van der Waals surface area contributed by atoms with Crippen molar-refractivity contribution in [3.63, 3.8) is 0 Å². The van der Waals surface area contributed by atoms with Gasteiger partial charge in [0.15, 0.2) is 0 Å². The van der Waals surface area contributed by atoms with Gasteiger partial charge < -0.3 is 15.4 Å². The average Bonchev–Trinajstić information content (AvgIpc) is 3.47. The van der Waals surface area contributed by atoms with Gasteiger partial charge in [-0.25, -0.2) is 0 Å². The lowest BCUT2D eigenvalue weighted by atomic mass is 9.75. The van der Waals surface area contributed by atoms with E-state index in [1.54, 1.807) is 0 Å². The summed E-state index contributed by atoms with van der Waals surface area (Å²) < 4.78 is 72.0. The standard InChI is InChI=1S/C53H61N3O7S2/c1-37-21-22-38-15-6-8-19-44(38)49(37)52(2,3)47(55-33-10-12-35-64(57,58)59)31-24-40-17-14-18-41(51(40)63-43-28-26-42(54)27-29-43)25-32-48-53(4,5)50-45-20-9-7-16-39(45)23-30-46(50)56(48)34-11-13-36-65(60,61)62/h6-9,15-16,19-32H,10-14,17-18,33-36,54H2,1-5H3,(H,57,58,59)(H,60,61,62)/b31-24+,41-25+,48-32+,55-47+. The van der Waals surface area contributed by atoms with Crippen molar-refractivity contribution in [2.45, 2.75) is 90.4 Å². The summed E-state index contributed by atoms with van der Waals surface area (Å²) in [5.41, 5.74) is 14.3. The zero-order chi connectivity index (χ0) is 46.6. The molecule has 0 unspecified atom stereocenters. The number of nitrogens with zero attached hydrogens (tertiary/aromatic N) is 2. The Bertz CT molecular complexity index is 2960. The number of fused-ring (bicyclic) bond motifs is 4. The first-order valence-corrected chi connectivity index (χ1v) is 25.7. The Morgan fingerprint density at radius 3 is 2.12 bits per heavy atom. The molecule has 0 saturated carbocycles. The van der Waals surface area contributed by atoms with Crippen LogP contribution in [0.4, 0.5) is 11.4 Å². The molecular formula is C53H61N3O7S2. The van der Waals surface area contributed by atoms with Crippen molar-refractivity contribution in [3.8, 4) is 5.75 Å². The molecule has 0 amide bonds. The smallest absolute Gasteiger partial charge is 0.264 e. The first-order valence-electron chi connectivity index (χ1n) is 22.4. The molecule has 5 aromatic rings. The highest BCUT2D eigenvalue weighted by Gasteiger charge is 2.41. The number of aryl methyl sites for hydroxylation is 1. The Morgan fingerprint density at radius 2 is 1.43 bits per heavy atom. The van der Waals surface area contributed by atoms with E-state index in [0.29, 0.717) is 50.2 Å². The molecule has 10 nitrogen and oxygen atoms in total. The molecule has 1 aliphatic heterocycles. The largest absolute Gasteiger partial charge is 0.457 e. The number of anilines is 2. The molecule has 0 spiro atoms. The van der Waals surface area contributed by atoms with E-state index in [1.165, 1.54) is 10.9 Å². The van der Waals surface area contributed by atoms with Crippen LogP contribution in [0.2, 0.25) is 0 Å². The molecule has 12 heteroatoms. The third-order valence-electron chi connectivity index (χ3n) is 12.7. The van der Waals surface area contributed by atoms with E-state index in [1.807, 2.05) is 36.4 Å². The molecule has 5 aromatic carbocycles. The van der Waals surface area contributed by atoms with Gasteiger partial charge in [0.1, 0.15) is 11.5 Å². The number of nitrogens with two attached hydrogens (primary N) is 1. The third-order valence-corrected chi connectivity index (χ3v) is 14.4. The molecule has 1 heterocycles. The summed E-state index contributed by atoms with van der Waals surface area (Å²) in [4.78, 5) is 7.46. The Hall–Kier alpha value is -5.53. The summed E-state index contributed by atoms with van der Waals surface area (Å²) in [5.74, 6) is 0.805. The number of benzene rings is 5. The van der Waals surface area contributed by atoms with Crippen molar-refractivity contribution >= 4 is 58.9 Å².